The van der Waals surface area contributed by atoms with Crippen LogP contribution in [0.5, 0.6) is 0 Å². The van der Waals surface area contributed by atoms with E-state index in [9.17, 15) is 4.79 Å². The summed E-state index contributed by atoms with van der Waals surface area (Å²) >= 11 is 0. The maximum atomic E-state index is 12.4. The lowest BCUT2D eigenvalue weighted by molar-refractivity contribution is 0.208. The number of carbonyl (C=O) groups excluding carboxylic acids is 1. The van der Waals surface area contributed by atoms with Crippen molar-refractivity contribution in [2.75, 3.05) is 36.4 Å². The molecule has 0 aromatic heterocycles. The molecule has 0 spiro atoms. The summed E-state index contributed by atoms with van der Waals surface area (Å²) in [6.45, 7) is 11.9. The minimum absolute atomic E-state index is 0.0171. The molecule has 0 unspecified atom stereocenters. The van der Waals surface area contributed by atoms with E-state index >= 15 is 0 Å². The van der Waals surface area contributed by atoms with E-state index in [0.717, 1.165) is 31.9 Å². The van der Waals surface area contributed by atoms with Crippen molar-refractivity contribution in [1.29, 1.82) is 0 Å². The number of benzene rings is 2. The van der Waals surface area contributed by atoms with Gasteiger partial charge in [0, 0.05) is 37.6 Å². The highest BCUT2D eigenvalue weighted by atomic mass is 16.2. The molecule has 0 radical (unpaired) electrons. The predicted octanol–water partition coefficient (Wildman–Crippen LogP) is 4.65. The molecule has 1 N–H and O–H groups in total. The van der Waals surface area contributed by atoms with Crippen molar-refractivity contribution in [3.05, 3.63) is 59.7 Å². The summed E-state index contributed by atoms with van der Waals surface area (Å²) in [5.41, 5.74) is 4.79. The highest BCUT2D eigenvalue weighted by Crippen LogP contribution is 2.25. The van der Waals surface area contributed by atoms with E-state index in [4.69, 9.17) is 0 Å². The van der Waals surface area contributed by atoms with Gasteiger partial charge < -0.3 is 15.1 Å². The molecule has 0 saturated carbocycles. The Morgan fingerprint density at radius 3 is 2.00 bits per heavy atom. The van der Waals surface area contributed by atoms with Gasteiger partial charge in [0.15, 0.2) is 0 Å². The number of rotatable bonds is 2. The van der Waals surface area contributed by atoms with Gasteiger partial charge in [-0.3, -0.25) is 0 Å². The lowest BCUT2D eigenvalue weighted by Gasteiger charge is -2.36. The van der Waals surface area contributed by atoms with E-state index in [-0.39, 0.29) is 11.4 Å². The Balaban J connectivity index is 1.55. The third-order valence-corrected chi connectivity index (χ3v) is 4.97. The second-order valence-electron chi connectivity index (χ2n) is 8.07. The van der Waals surface area contributed by atoms with E-state index in [1.165, 1.54) is 16.8 Å². The maximum Gasteiger partial charge on any atom is 0.321 e. The summed E-state index contributed by atoms with van der Waals surface area (Å²) in [7, 11) is 0. The molecule has 1 aliphatic rings. The Bertz CT molecular complexity index is 736. The molecule has 2 aromatic carbocycles. The molecule has 1 heterocycles. The molecule has 0 bridgehead atoms. The highest BCUT2D eigenvalue weighted by molar-refractivity contribution is 5.89. The molecule has 4 nitrogen and oxygen atoms in total. The Morgan fingerprint density at radius 2 is 1.46 bits per heavy atom. The molecular formula is C22H29N3O. The Labute approximate surface area is 156 Å². The Hall–Kier alpha value is -2.49. The number of nitrogens with one attached hydrogen (secondary N) is 1. The molecule has 1 aliphatic heterocycles. The zero-order valence-electron chi connectivity index (χ0n) is 16.2. The number of carbonyl (C=O) groups is 1. The first-order chi connectivity index (χ1) is 12.3. The topological polar surface area (TPSA) is 35.6 Å². The number of amides is 2. The quantitative estimate of drug-likeness (QED) is 0.855. The van der Waals surface area contributed by atoms with Gasteiger partial charge in [-0.05, 0) is 42.2 Å². The van der Waals surface area contributed by atoms with Crippen LogP contribution < -0.4 is 10.2 Å². The summed E-state index contributed by atoms with van der Waals surface area (Å²) in [5, 5.41) is 2.99. The van der Waals surface area contributed by atoms with Crippen LogP contribution in [0.4, 0.5) is 16.2 Å². The predicted molar refractivity (Wildman–Crippen MR) is 109 cm³/mol. The van der Waals surface area contributed by atoms with Crippen molar-refractivity contribution in [3.63, 3.8) is 0 Å². The number of nitrogens with zero attached hydrogens (tertiary/aromatic N) is 2. The number of urea groups is 1. The average Bonchev–Trinajstić information content (AvgIpc) is 2.63. The molecule has 0 atom stereocenters. The fourth-order valence-electron chi connectivity index (χ4n) is 3.18. The van der Waals surface area contributed by atoms with Crippen LogP contribution in [0.1, 0.15) is 31.9 Å². The van der Waals surface area contributed by atoms with Crippen LogP contribution in [0.2, 0.25) is 0 Å². The summed E-state index contributed by atoms with van der Waals surface area (Å²) in [5.74, 6) is 0. The van der Waals surface area contributed by atoms with Crippen molar-refractivity contribution in [3.8, 4) is 0 Å². The zero-order valence-corrected chi connectivity index (χ0v) is 16.2. The first-order valence-electron chi connectivity index (χ1n) is 9.31. The second-order valence-corrected chi connectivity index (χ2v) is 8.07. The van der Waals surface area contributed by atoms with Crippen molar-refractivity contribution < 1.29 is 4.79 Å². The van der Waals surface area contributed by atoms with E-state index in [2.05, 4.69) is 55.3 Å². The van der Waals surface area contributed by atoms with Crippen LogP contribution in [0.3, 0.4) is 0 Å². The molecule has 0 aliphatic carbocycles. The highest BCUT2D eigenvalue weighted by Gasteiger charge is 2.22. The lowest BCUT2D eigenvalue weighted by Crippen LogP contribution is -2.50. The lowest BCUT2D eigenvalue weighted by atomic mass is 9.87. The van der Waals surface area contributed by atoms with Gasteiger partial charge >= 0.3 is 6.03 Å². The van der Waals surface area contributed by atoms with E-state index < -0.39 is 0 Å². The molecular weight excluding hydrogens is 322 g/mol. The van der Waals surface area contributed by atoms with E-state index in [1.54, 1.807) is 0 Å². The van der Waals surface area contributed by atoms with Crippen LogP contribution in [0.15, 0.2) is 48.5 Å². The molecule has 2 amide bonds. The average molecular weight is 351 g/mol. The molecule has 1 fully saturated rings. The Morgan fingerprint density at radius 1 is 0.885 bits per heavy atom. The smallest absolute Gasteiger partial charge is 0.321 e. The van der Waals surface area contributed by atoms with Gasteiger partial charge in [0.1, 0.15) is 0 Å². The number of hydrogen-bond acceptors (Lipinski definition) is 2. The fourth-order valence-corrected chi connectivity index (χ4v) is 3.18. The molecule has 3 rings (SSSR count). The van der Waals surface area contributed by atoms with Crippen LogP contribution in [0, 0.1) is 6.92 Å². The van der Waals surface area contributed by atoms with Gasteiger partial charge in [0.05, 0.1) is 0 Å². The third-order valence-electron chi connectivity index (χ3n) is 4.97. The van der Waals surface area contributed by atoms with Gasteiger partial charge in [0.25, 0.3) is 0 Å². The largest absolute Gasteiger partial charge is 0.368 e. The summed E-state index contributed by atoms with van der Waals surface area (Å²) in [4.78, 5) is 16.7. The summed E-state index contributed by atoms with van der Waals surface area (Å²) in [6, 6.07) is 16.7. The van der Waals surface area contributed by atoms with Gasteiger partial charge in [-0.1, -0.05) is 50.6 Å². The first-order valence-corrected chi connectivity index (χ1v) is 9.31. The Kier molecular flexibility index (Phi) is 5.21. The molecule has 138 valence electrons. The minimum Gasteiger partial charge on any atom is -0.368 e. The van der Waals surface area contributed by atoms with Crippen LogP contribution in [0.25, 0.3) is 0 Å². The monoisotopic (exact) mass is 351 g/mol. The molecule has 1 saturated heterocycles. The number of aryl methyl sites for hydroxylation is 1. The second kappa shape index (κ2) is 7.40. The van der Waals surface area contributed by atoms with Gasteiger partial charge in [-0.15, -0.1) is 0 Å². The zero-order chi connectivity index (χ0) is 18.7. The normalized spacial score (nSPS) is 15.1. The van der Waals surface area contributed by atoms with Crippen molar-refractivity contribution in [2.45, 2.75) is 33.1 Å². The molecule has 2 aromatic rings. The van der Waals surface area contributed by atoms with Crippen LogP contribution in [-0.4, -0.2) is 37.1 Å². The van der Waals surface area contributed by atoms with Crippen molar-refractivity contribution in [1.82, 2.24) is 4.90 Å². The van der Waals surface area contributed by atoms with Crippen molar-refractivity contribution in [2.24, 2.45) is 0 Å². The molecule has 26 heavy (non-hydrogen) atoms. The summed E-state index contributed by atoms with van der Waals surface area (Å²) in [6.07, 6.45) is 0. The first kappa shape index (κ1) is 18.3. The minimum atomic E-state index is -0.0171. The molecule has 4 heteroatoms. The fraction of sp³-hybridized carbons (Fsp3) is 0.409. The summed E-state index contributed by atoms with van der Waals surface area (Å²) < 4.78 is 0. The van der Waals surface area contributed by atoms with Gasteiger partial charge in [-0.2, -0.15) is 0 Å². The van der Waals surface area contributed by atoms with E-state index in [1.807, 2.05) is 36.1 Å². The van der Waals surface area contributed by atoms with Crippen LogP contribution >= 0.6 is 0 Å². The van der Waals surface area contributed by atoms with Gasteiger partial charge in [-0.25, -0.2) is 4.79 Å². The third kappa shape index (κ3) is 4.37. The van der Waals surface area contributed by atoms with Crippen molar-refractivity contribution >= 4 is 17.4 Å². The number of hydrogen-bond donors (Lipinski definition) is 1. The maximum absolute atomic E-state index is 12.4. The SMILES string of the molecule is Cc1ccc(NC(=O)N2CCN(c3ccc(C(C)(C)C)cc3)CC2)cc1. The van der Waals surface area contributed by atoms with Gasteiger partial charge in [0.2, 0.25) is 0 Å². The standard InChI is InChI=1S/C22H29N3O/c1-17-5-9-19(10-6-17)23-21(26)25-15-13-24(14-16-25)20-11-7-18(8-12-20)22(2,3)4/h5-12H,13-16H2,1-4H3,(H,23,26). The number of piperazine rings is 1. The van der Waals surface area contributed by atoms with E-state index in [0.29, 0.717) is 0 Å². The number of anilines is 2. The van der Waals surface area contributed by atoms with Crippen LogP contribution in [-0.2, 0) is 5.41 Å².